The minimum Gasteiger partial charge on any atom is -0.481 e. The van der Waals surface area contributed by atoms with E-state index in [1.54, 1.807) is 0 Å². The number of rotatable bonds is 5. The third-order valence-corrected chi connectivity index (χ3v) is 4.02. The molecule has 1 saturated carbocycles. The fraction of sp³-hybridized carbons (Fsp3) is 0.923. The zero-order valence-electron chi connectivity index (χ0n) is 10.0. The van der Waals surface area contributed by atoms with Gasteiger partial charge in [0.2, 0.25) is 0 Å². The van der Waals surface area contributed by atoms with Gasteiger partial charge in [0.15, 0.2) is 0 Å². The molecule has 0 aromatic heterocycles. The number of carbonyl (C=O) groups is 1. The molecule has 88 valence electrons. The van der Waals surface area contributed by atoms with Gasteiger partial charge in [-0.2, -0.15) is 0 Å². The molecule has 0 bridgehead atoms. The van der Waals surface area contributed by atoms with E-state index in [2.05, 4.69) is 13.8 Å². The first kappa shape index (κ1) is 12.5. The summed E-state index contributed by atoms with van der Waals surface area (Å²) in [5.41, 5.74) is 0. The lowest BCUT2D eigenvalue weighted by Crippen LogP contribution is -2.28. The standard InChI is InChI=1S/C13H24O2/c1-3-10(4-2)9-11-7-5-6-8-12(11)13(14)15/h10-12H,3-9H2,1-2H3,(H,14,15). The van der Waals surface area contributed by atoms with Gasteiger partial charge >= 0.3 is 5.97 Å². The highest BCUT2D eigenvalue weighted by Crippen LogP contribution is 2.35. The Hall–Kier alpha value is -0.530. The van der Waals surface area contributed by atoms with E-state index in [1.165, 1.54) is 19.3 Å². The van der Waals surface area contributed by atoms with Crippen LogP contribution in [0.5, 0.6) is 0 Å². The van der Waals surface area contributed by atoms with E-state index in [0.29, 0.717) is 5.92 Å². The maximum atomic E-state index is 11.1. The van der Waals surface area contributed by atoms with Gasteiger partial charge in [-0.3, -0.25) is 4.79 Å². The molecule has 0 aliphatic heterocycles. The summed E-state index contributed by atoms with van der Waals surface area (Å²) in [4.78, 5) is 11.1. The molecule has 0 radical (unpaired) electrons. The molecule has 0 aromatic rings. The molecule has 0 aromatic carbocycles. The lowest BCUT2D eigenvalue weighted by molar-refractivity contribution is -0.145. The smallest absolute Gasteiger partial charge is 0.306 e. The minimum atomic E-state index is -0.564. The van der Waals surface area contributed by atoms with Crippen LogP contribution >= 0.6 is 0 Å². The van der Waals surface area contributed by atoms with E-state index in [9.17, 15) is 4.79 Å². The van der Waals surface area contributed by atoms with Crippen molar-refractivity contribution >= 4 is 5.97 Å². The number of carboxylic acids is 1. The molecule has 0 amide bonds. The summed E-state index contributed by atoms with van der Waals surface area (Å²) in [6, 6.07) is 0. The van der Waals surface area contributed by atoms with Crippen molar-refractivity contribution in [1.29, 1.82) is 0 Å². The van der Waals surface area contributed by atoms with Gasteiger partial charge < -0.3 is 5.11 Å². The van der Waals surface area contributed by atoms with Crippen LogP contribution in [0, 0.1) is 17.8 Å². The number of aliphatic carboxylic acids is 1. The Kier molecular flexibility index (Phi) is 5.13. The summed E-state index contributed by atoms with van der Waals surface area (Å²) in [6.07, 6.45) is 7.89. The van der Waals surface area contributed by atoms with Gasteiger partial charge in [-0.25, -0.2) is 0 Å². The van der Waals surface area contributed by atoms with Gasteiger partial charge in [0.25, 0.3) is 0 Å². The molecular weight excluding hydrogens is 188 g/mol. The monoisotopic (exact) mass is 212 g/mol. The molecule has 1 aliphatic carbocycles. The number of hydrogen-bond donors (Lipinski definition) is 1. The fourth-order valence-electron chi connectivity index (χ4n) is 2.87. The van der Waals surface area contributed by atoms with Gasteiger partial charge in [0.05, 0.1) is 5.92 Å². The second-order valence-electron chi connectivity index (χ2n) is 4.91. The summed E-state index contributed by atoms with van der Waals surface area (Å²) in [6.45, 7) is 4.43. The van der Waals surface area contributed by atoms with Gasteiger partial charge in [-0.1, -0.05) is 39.5 Å². The Bertz CT molecular complexity index is 197. The van der Waals surface area contributed by atoms with Crippen molar-refractivity contribution in [3.63, 3.8) is 0 Å². The van der Waals surface area contributed by atoms with Crippen molar-refractivity contribution in [3.05, 3.63) is 0 Å². The maximum absolute atomic E-state index is 11.1. The van der Waals surface area contributed by atoms with Gasteiger partial charge in [0.1, 0.15) is 0 Å². The highest BCUT2D eigenvalue weighted by molar-refractivity contribution is 5.70. The Morgan fingerprint density at radius 1 is 1.27 bits per heavy atom. The van der Waals surface area contributed by atoms with Crippen molar-refractivity contribution in [2.45, 2.75) is 58.8 Å². The minimum absolute atomic E-state index is 0.0562. The summed E-state index contributed by atoms with van der Waals surface area (Å²) in [5, 5.41) is 9.17. The molecule has 15 heavy (non-hydrogen) atoms. The Balaban J connectivity index is 2.52. The lowest BCUT2D eigenvalue weighted by atomic mass is 9.74. The highest BCUT2D eigenvalue weighted by atomic mass is 16.4. The Labute approximate surface area is 93.1 Å². The van der Waals surface area contributed by atoms with Gasteiger partial charge in [-0.15, -0.1) is 0 Å². The molecule has 0 heterocycles. The summed E-state index contributed by atoms with van der Waals surface area (Å²) in [7, 11) is 0. The van der Waals surface area contributed by atoms with Crippen LogP contribution in [-0.4, -0.2) is 11.1 Å². The van der Waals surface area contributed by atoms with Crippen LogP contribution in [0.3, 0.4) is 0 Å². The third kappa shape index (κ3) is 3.51. The molecule has 1 aliphatic rings. The van der Waals surface area contributed by atoms with E-state index in [1.807, 2.05) is 0 Å². The normalized spacial score (nSPS) is 26.9. The largest absolute Gasteiger partial charge is 0.481 e. The predicted octanol–water partition coefficient (Wildman–Crippen LogP) is 3.70. The molecule has 1 fully saturated rings. The summed E-state index contributed by atoms with van der Waals surface area (Å²) in [5.74, 6) is 0.557. The van der Waals surface area contributed by atoms with Crippen molar-refractivity contribution < 1.29 is 9.90 Å². The van der Waals surface area contributed by atoms with Crippen LogP contribution in [0.1, 0.15) is 58.8 Å². The van der Waals surface area contributed by atoms with Crippen molar-refractivity contribution in [1.82, 2.24) is 0 Å². The predicted molar refractivity (Wildman–Crippen MR) is 61.8 cm³/mol. The first-order chi connectivity index (χ1) is 7.19. The first-order valence-electron chi connectivity index (χ1n) is 6.41. The van der Waals surface area contributed by atoms with Crippen molar-refractivity contribution in [3.8, 4) is 0 Å². The molecule has 2 unspecified atom stereocenters. The van der Waals surface area contributed by atoms with E-state index < -0.39 is 5.97 Å². The van der Waals surface area contributed by atoms with Gasteiger partial charge in [0, 0.05) is 0 Å². The first-order valence-corrected chi connectivity index (χ1v) is 6.41. The van der Waals surface area contributed by atoms with Crippen LogP contribution in [-0.2, 0) is 4.79 Å². The number of hydrogen-bond acceptors (Lipinski definition) is 1. The maximum Gasteiger partial charge on any atom is 0.306 e. The van der Waals surface area contributed by atoms with Crippen LogP contribution in [0.4, 0.5) is 0 Å². The molecule has 0 saturated heterocycles. The molecule has 2 nitrogen and oxygen atoms in total. The number of carboxylic acid groups (broad SMARTS) is 1. The SMILES string of the molecule is CCC(CC)CC1CCCCC1C(=O)O. The van der Waals surface area contributed by atoms with Crippen LogP contribution in [0.25, 0.3) is 0 Å². The van der Waals surface area contributed by atoms with Crippen LogP contribution in [0.2, 0.25) is 0 Å². The lowest BCUT2D eigenvalue weighted by Gasteiger charge is -2.31. The van der Waals surface area contributed by atoms with E-state index >= 15 is 0 Å². The third-order valence-electron chi connectivity index (χ3n) is 4.02. The Morgan fingerprint density at radius 3 is 2.40 bits per heavy atom. The van der Waals surface area contributed by atoms with E-state index in [4.69, 9.17) is 5.11 Å². The second kappa shape index (κ2) is 6.14. The zero-order chi connectivity index (χ0) is 11.3. The Morgan fingerprint density at radius 2 is 1.87 bits per heavy atom. The average Bonchev–Trinajstić information content (AvgIpc) is 2.26. The summed E-state index contributed by atoms with van der Waals surface area (Å²) < 4.78 is 0. The van der Waals surface area contributed by atoms with Crippen molar-refractivity contribution in [2.75, 3.05) is 0 Å². The van der Waals surface area contributed by atoms with Crippen molar-refractivity contribution in [2.24, 2.45) is 17.8 Å². The van der Waals surface area contributed by atoms with Gasteiger partial charge in [-0.05, 0) is 31.1 Å². The molecule has 1 rings (SSSR count). The molecule has 2 heteroatoms. The zero-order valence-corrected chi connectivity index (χ0v) is 10.0. The topological polar surface area (TPSA) is 37.3 Å². The second-order valence-corrected chi connectivity index (χ2v) is 4.91. The highest BCUT2D eigenvalue weighted by Gasteiger charge is 2.31. The van der Waals surface area contributed by atoms with Crippen LogP contribution in [0.15, 0.2) is 0 Å². The van der Waals surface area contributed by atoms with E-state index in [-0.39, 0.29) is 5.92 Å². The average molecular weight is 212 g/mol. The quantitative estimate of drug-likeness (QED) is 0.754. The fourth-order valence-corrected chi connectivity index (χ4v) is 2.87. The molecule has 0 spiro atoms. The molecular formula is C13H24O2. The molecule has 1 N–H and O–H groups in total. The summed E-state index contributed by atoms with van der Waals surface area (Å²) >= 11 is 0. The van der Waals surface area contributed by atoms with E-state index in [0.717, 1.165) is 31.6 Å². The van der Waals surface area contributed by atoms with Crippen LogP contribution < -0.4 is 0 Å². The molecule has 2 atom stereocenters.